The second kappa shape index (κ2) is 7.11. The Morgan fingerprint density at radius 3 is 2.92 bits per heavy atom. The van der Waals surface area contributed by atoms with E-state index in [2.05, 4.69) is 12.1 Å². The van der Waals surface area contributed by atoms with E-state index in [-0.39, 0.29) is 11.3 Å². The number of fused-ring (bicyclic) bond motifs is 1. The highest BCUT2D eigenvalue weighted by Gasteiger charge is 2.34. The molecule has 2 aromatic carbocycles. The maximum atomic E-state index is 12.6. The lowest BCUT2D eigenvalue weighted by Crippen LogP contribution is -2.28. The fraction of sp³-hybridized carbons (Fsp3) is 0.350. The number of ether oxygens (including phenoxy) is 3. The molecule has 0 aliphatic carbocycles. The fourth-order valence-electron chi connectivity index (χ4n) is 3.52. The standard InChI is InChI=1S/C20H21NO4S/c1-23-17-5-3-4-15(19(17)24-2)11-21-18(22)12-26-20(21)14-6-7-16-13(10-14)8-9-25-16/h3-7,10,20H,8-9,11-12H2,1-2H3. The van der Waals surface area contributed by atoms with Crippen molar-refractivity contribution in [2.24, 2.45) is 0 Å². The molecule has 1 amide bonds. The van der Waals surface area contributed by atoms with Crippen molar-refractivity contribution in [3.63, 3.8) is 0 Å². The third-order valence-electron chi connectivity index (χ3n) is 4.79. The first-order chi connectivity index (χ1) is 12.7. The number of thioether (sulfide) groups is 1. The predicted molar refractivity (Wildman–Crippen MR) is 101 cm³/mol. The number of hydrogen-bond donors (Lipinski definition) is 0. The number of para-hydroxylation sites is 1. The minimum Gasteiger partial charge on any atom is -0.493 e. The number of nitrogens with zero attached hydrogens (tertiary/aromatic N) is 1. The molecule has 5 nitrogen and oxygen atoms in total. The zero-order valence-corrected chi connectivity index (χ0v) is 15.7. The van der Waals surface area contributed by atoms with Gasteiger partial charge in [-0.2, -0.15) is 0 Å². The molecule has 1 atom stereocenters. The van der Waals surface area contributed by atoms with Gasteiger partial charge >= 0.3 is 0 Å². The molecule has 4 rings (SSSR count). The molecule has 0 radical (unpaired) electrons. The van der Waals surface area contributed by atoms with E-state index < -0.39 is 0 Å². The van der Waals surface area contributed by atoms with Crippen molar-refractivity contribution in [1.82, 2.24) is 4.90 Å². The SMILES string of the molecule is COc1cccc(CN2C(=O)CSC2c2ccc3c(c2)CCO3)c1OC. The molecule has 2 aliphatic heterocycles. The molecule has 0 aromatic heterocycles. The van der Waals surface area contributed by atoms with Crippen molar-refractivity contribution in [3.8, 4) is 17.2 Å². The first-order valence-electron chi connectivity index (χ1n) is 8.58. The summed E-state index contributed by atoms with van der Waals surface area (Å²) >= 11 is 1.66. The Balaban J connectivity index is 1.64. The Morgan fingerprint density at radius 2 is 2.12 bits per heavy atom. The van der Waals surface area contributed by atoms with Crippen molar-refractivity contribution in [3.05, 3.63) is 53.1 Å². The van der Waals surface area contributed by atoms with Crippen molar-refractivity contribution in [2.45, 2.75) is 18.3 Å². The molecular formula is C20H21NO4S. The van der Waals surface area contributed by atoms with E-state index in [1.807, 2.05) is 29.2 Å². The fourth-order valence-corrected chi connectivity index (χ4v) is 4.70. The van der Waals surface area contributed by atoms with E-state index in [0.717, 1.165) is 29.9 Å². The number of methoxy groups -OCH3 is 2. The third kappa shape index (κ3) is 2.98. The summed E-state index contributed by atoms with van der Waals surface area (Å²) in [7, 11) is 3.24. The van der Waals surface area contributed by atoms with Crippen LogP contribution in [0.15, 0.2) is 36.4 Å². The van der Waals surface area contributed by atoms with Gasteiger partial charge in [-0.25, -0.2) is 0 Å². The van der Waals surface area contributed by atoms with Gasteiger partial charge in [0.1, 0.15) is 11.1 Å². The van der Waals surface area contributed by atoms with Crippen LogP contribution in [0.3, 0.4) is 0 Å². The zero-order valence-electron chi connectivity index (χ0n) is 14.9. The van der Waals surface area contributed by atoms with E-state index in [9.17, 15) is 4.79 Å². The molecule has 0 spiro atoms. The quantitative estimate of drug-likeness (QED) is 0.806. The minimum atomic E-state index is 0.00399. The van der Waals surface area contributed by atoms with Crippen molar-refractivity contribution in [1.29, 1.82) is 0 Å². The molecule has 1 fully saturated rings. The van der Waals surface area contributed by atoms with E-state index in [1.165, 1.54) is 5.56 Å². The van der Waals surface area contributed by atoms with Gasteiger partial charge in [-0.3, -0.25) is 4.79 Å². The summed E-state index contributed by atoms with van der Waals surface area (Å²) in [5, 5.41) is 0.00399. The van der Waals surface area contributed by atoms with Gasteiger partial charge in [-0.1, -0.05) is 18.2 Å². The van der Waals surface area contributed by atoms with Crippen molar-refractivity contribution in [2.75, 3.05) is 26.6 Å². The van der Waals surface area contributed by atoms with Gasteiger partial charge in [0.05, 0.1) is 33.1 Å². The van der Waals surface area contributed by atoms with Gasteiger partial charge in [-0.15, -0.1) is 11.8 Å². The Bertz CT molecular complexity index is 839. The molecule has 26 heavy (non-hydrogen) atoms. The number of hydrogen-bond acceptors (Lipinski definition) is 5. The molecule has 1 saturated heterocycles. The highest BCUT2D eigenvalue weighted by atomic mass is 32.2. The summed E-state index contributed by atoms with van der Waals surface area (Å²) in [6.45, 7) is 1.23. The van der Waals surface area contributed by atoms with E-state index >= 15 is 0 Å². The molecule has 2 aromatic rings. The molecule has 136 valence electrons. The highest BCUT2D eigenvalue weighted by Crippen LogP contribution is 2.43. The maximum Gasteiger partial charge on any atom is 0.234 e. The Labute approximate surface area is 157 Å². The number of rotatable bonds is 5. The normalized spacial score (nSPS) is 18.6. The summed E-state index contributed by atoms with van der Waals surface area (Å²) in [6.07, 6.45) is 0.929. The smallest absolute Gasteiger partial charge is 0.234 e. The van der Waals surface area contributed by atoms with Gasteiger partial charge in [-0.05, 0) is 29.3 Å². The van der Waals surface area contributed by atoms with E-state index in [0.29, 0.717) is 23.8 Å². The molecule has 6 heteroatoms. The molecule has 2 heterocycles. The molecule has 0 bridgehead atoms. The Kier molecular flexibility index (Phi) is 4.68. The number of carbonyl (C=O) groups is 1. The average Bonchev–Trinajstić information content (AvgIpc) is 3.27. The molecule has 0 saturated carbocycles. The summed E-state index contributed by atoms with van der Waals surface area (Å²) in [5.74, 6) is 2.95. The van der Waals surface area contributed by atoms with Crippen LogP contribution < -0.4 is 14.2 Å². The summed E-state index contributed by atoms with van der Waals surface area (Å²) in [6, 6.07) is 12.0. The van der Waals surface area contributed by atoms with Gasteiger partial charge in [0.2, 0.25) is 5.91 Å². The predicted octanol–water partition coefficient (Wildman–Crippen LogP) is 3.41. The highest BCUT2D eigenvalue weighted by molar-refractivity contribution is 8.00. The maximum absolute atomic E-state index is 12.6. The Hall–Kier alpha value is -2.34. The summed E-state index contributed by atoms with van der Waals surface area (Å²) < 4.78 is 16.5. The monoisotopic (exact) mass is 371 g/mol. The molecule has 1 unspecified atom stereocenters. The lowest BCUT2D eigenvalue weighted by molar-refractivity contribution is -0.128. The largest absolute Gasteiger partial charge is 0.493 e. The van der Waals surface area contributed by atoms with Crippen molar-refractivity contribution < 1.29 is 19.0 Å². The lowest BCUT2D eigenvalue weighted by atomic mass is 10.1. The number of benzene rings is 2. The molecule has 2 aliphatic rings. The van der Waals surface area contributed by atoms with Crippen LogP contribution in [0, 0.1) is 0 Å². The van der Waals surface area contributed by atoms with Gasteiger partial charge in [0.15, 0.2) is 11.5 Å². The van der Waals surface area contributed by atoms with Crippen molar-refractivity contribution >= 4 is 17.7 Å². The second-order valence-electron chi connectivity index (χ2n) is 6.30. The van der Waals surface area contributed by atoms with Crippen LogP contribution in [0.5, 0.6) is 17.2 Å². The second-order valence-corrected chi connectivity index (χ2v) is 7.37. The van der Waals surface area contributed by atoms with Crippen LogP contribution in [0.4, 0.5) is 0 Å². The van der Waals surface area contributed by atoms with Gasteiger partial charge < -0.3 is 19.1 Å². The van der Waals surface area contributed by atoms with Crippen LogP contribution in [-0.4, -0.2) is 37.4 Å². The third-order valence-corrected chi connectivity index (χ3v) is 6.05. The number of amides is 1. The molecule has 0 N–H and O–H groups in total. The van der Waals surface area contributed by atoms with E-state index in [4.69, 9.17) is 14.2 Å². The minimum absolute atomic E-state index is 0.00399. The van der Waals surface area contributed by atoms with Crippen LogP contribution in [0.2, 0.25) is 0 Å². The summed E-state index contributed by atoms with van der Waals surface area (Å²) in [4.78, 5) is 14.5. The topological polar surface area (TPSA) is 48.0 Å². The molecular weight excluding hydrogens is 350 g/mol. The Morgan fingerprint density at radius 1 is 1.23 bits per heavy atom. The first-order valence-corrected chi connectivity index (χ1v) is 9.62. The van der Waals surface area contributed by atoms with Crippen LogP contribution >= 0.6 is 11.8 Å². The number of carbonyl (C=O) groups excluding carboxylic acids is 1. The van der Waals surface area contributed by atoms with Gasteiger partial charge in [0, 0.05) is 12.0 Å². The summed E-state index contributed by atoms with van der Waals surface area (Å²) in [5.41, 5.74) is 3.31. The first kappa shape index (κ1) is 17.1. The van der Waals surface area contributed by atoms with Crippen LogP contribution in [0.25, 0.3) is 0 Å². The van der Waals surface area contributed by atoms with Crippen LogP contribution in [0.1, 0.15) is 22.1 Å². The average molecular weight is 371 g/mol. The zero-order chi connectivity index (χ0) is 18.1. The van der Waals surface area contributed by atoms with Gasteiger partial charge in [0.25, 0.3) is 0 Å². The van der Waals surface area contributed by atoms with E-state index in [1.54, 1.807) is 26.0 Å². The van der Waals surface area contributed by atoms with Crippen LogP contribution in [-0.2, 0) is 17.8 Å². The lowest BCUT2D eigenvalue weighted by Gasteiger charge is -2.26.